The fourth-order valence-corrected chi connectivity index (χ4v) is 1.01. The summed E-state index contributed by atoms with van der Waals surface area (Å²) in [6, 6.07) is 0. The molecule has 1 fully saturated rings. The normalized spacial score (nSPS) is 17.6. The topological polar surface area (TPSA) is 62.4 Å². The van der Waals surface area contributed by atoms with Crippen molar-refractivity contribution >= 4 is 23.0 Å². The van der Waals surface area contributed by atoms with E-state index in [0.29, 0.717) is 0 Å². The third-order valence-electron chi connectivity index (χ3n) is 1.50. The molecule has 1 aliphatic heterocycles. The monoisotopic (exact) mass is 172 g/mol. The number of hydrogen-bond acceptors (Lipinski definition) is 3. The first-order chi connectivity index (χ1) is 5.29. The third kappa shape index (κ3) is 3.29. The molecule has 0 amide bonds. The van der Waals surface area contributed by atoms with Crippen LogP contribution in [0, 0.1) is 0 Å². The number of piperidine rings is 1. The predicted molar refractivity (Wildman–Crippen MR) is 49.5 cm³/mol. The Morgan fingerprint density at radius 1 is 1.55 bits per heavy atom. The summed E-state index contributed by atoms with van der Waals surface area (Å²) < 4.78 is 0. The van der Waals surface area contributed by atoms with Gasteiger partial charge in [-0.1, -0.05) is 0 Å². The van der Waals surface area contributed by atoms with E-state index in [2.05, 4.69) is 28.1 Å². The largest absolute Gasteiger partial charge is 0.375 e. The summed E-state index contributed by atoms with van der Waals surface area (Å²) in [5.41, 5.74) is 8.93. The van der Waals surface area contributed by atoms with Crippen LogP contribution in [0.5, 0.6) is 0 Å². The molecule has 5 heteroatoms. The van der Waals surface area contributed by atoms with E-state index in [-0.39, 0.29) is 5.11 Å². The summed E-state index contributed by atoms with van der Waals surface area (Å²) in [6.45, 7) is 2.00. The fourth-order valence-electron chi connectivity index (χ4n) is 0.961. The highest BCUT2D eigenvalue weighted by atomic mass is 32.1. The average molecular weight is 172 g/mol. The molecule has 1 heterocycles. The maximum Gasteiger partial charge on any atom is 0.184 e. The summed E-state index contributed by atoms with van der Waals surface area (Å²) in [4.78, 5) is 0. The average Bonchev–Trinajstić information content (AvgIpc) is 2.03. The van der Waals surface area contributed by atoms with Gasteiger partial charge in [0.05, 0.1) is 0 Å². The molecule has 1 saturated heterocycles. The molecular formula is C6H12N4S. The molecule has 1 aliphatic rings. The summed E-state index contributed by atoms with van der Waals surface area (Å²) in [7, 11) is 0. The van der Waals surface area contributed by atoms with Crippen LogP contribution in [0.25, 0.3) is 0 Å². The van der Waals surface area contributed by atoms with Gasteiger partial charge in [0, 0.05) is 31.6 Å². The SMILES string of the molecule is NC(=S)NN=C1CCNCC1. The molecule has 0 aromatic heterocycles. The molecule has 0 aromatic carbocycles. The number of hydrogen-bond donors (Lipinski definition) is 3. The Bertz CT molecular complexity index is 169. The summed E-state index contributed by atoms with van der Waals surface area (Å²) in [6.07, 6.45) is 1.96. The van der Waals surface area contributed by atoms with Gasteiger partial charge >= 0.3 is 0 Å². The van der Waals surface area contributed by atoms with Gasteiger partial charge < -0.3 is 11.1 Å². The van der Waals surface area contributed by atoms with Gasteiger partial charge in [0.25, 0.3) is 0 Å². The molecule has 4 nitrogen and oxygen atoms in total. The first-order valence-corrected chi connectivity index (χ1v) is 4.01. The lowest BCUT2D eigenvalue weighted by Gasteiger charge is -2.13. The van der Waals surface area contributed by atoms with Crippen molar-refractivity contribution in [2.45, 2.75) is 12.8 Å². The van der Waals surface area contributed by atoms with Crippen molar-refractivity contribution in [1.29, 1.82) is 0 Å². The molecule has 0 aliphatic carbocycles. The van der Waals surface area contributed by atoms with E-state index in [1.54, 1.807) is 0 Å². The lowest BCUT2D eigenvalue weighted by molar-refractivity contribution is 0.666. The summed E-state index contributed by atoms with van der Waals surface area (Å²) in [5.74, 6) is 0. The van der Waals surface area contributed by atoms with Crippen LogP contribution in [0.3, 0.4) is 0 Å². The van der Waals surface area contributed by atoms with Crippen LogP contribution in [0.4, 0.5) is 0 Å². The second-order valence-electron chi connectivity index (χ2n) is 2.40. The molecule has 0 aromatic rings. The van der Waals surface area contributed by atoms with Gasteiger partial charge in [-0.05, 0) is 12.2 Å². The molecule has 1 rings (SSSR count). The highest BCUT2D eigenvalue weighted by Gasteiger charge is 2.04. The first-order valence-electron chi connectivity index (χ1n) is 3.60. The first kappa shape index (κ1) is 8.42. The van der Waals surface area contributed by atoms with Crippen LogP contribution < -0.4 is 16.5 Å². The molecule has 11 heavy (non-hydrogen) atoms. The van der Waals surface area contributed by atoms with Crippen molar-refractivity contribution in [2.75, 3.05) is 13.1 Å². The minimum Gasteiger partial charge on any atom is -0.375 e. The van der Waals surface area contributed by atoms with Crippen molar-refractivity contribution in [1.82, 2.24) is 10.7 Å². The number of nitrogens with one attached hydrogen (secondary N) is 2. The van der Waals surface area contributed by atoms with E-state index >= 15 is 0 Å². The van der Waals surface area contributed by atoms with Gasteiger partial charge in [-0.25, -0.2) is 0 Å². The fraction of sp³-hybridized carbons (Fsp3) is 0.667. The quantitative estimate of drug-likeness (QED) is 0.370. The molecule has 0 unspecified atom stereocenters. The van der Waals surface area contributed by atoms with Crippen molar-refractivity contribution in [3.8, 4) is 0 Å². The molecule has 0 radical (unpaired) electrons. The smallest absolute Gasteiger partial charge is 0.184 e. The van der Waals surface area contributed by atoms with E-state index in [4.69, 9.17) is 5.73 Å². The van der Waals surface area contributed by atoms with Gasteiger partial charge in [-0.2, -0.15) is 5.10 Å². The summed E-state index contributed by atoms with van der Waals surface area (Å²) in [5, 5.41) is 7.51. The number of nitrogens with zero attached hydrogens (tertiary/aromatic N) is 1. The zero-order chi connectivity index (χ0) is 8.10. The van der Waals surface area contributed by atoms with Gasteiger partial charge in [0.15, 0.2) is 5.11 Å². The Morgan fingerprint density at radius 2 is 2.18 bits per heavy atom. The Morgan fingerprint density at radius 3 is 2.73 bits per heavy atom. The maximum absolute atomic E-state index is 5.21. The Kier molecular flexibility index (Phi) is 3.25. The molecule has 0 saturated carbocycles. The van der Waals surface area contributed by atoms with Crippen molar-refractivity contribution in [2.24, 2.45) is 10.8 Å². The van der Waals surface area contributed by atoms with Gasteiger partial charge in [0.2, 0.25) is 0 Å². The lowest BCUT2D eigenvalue weighted by atomic mass is 10.1. The minimum atomic E-state index is 0.232. The van der Waals surface area contributed by atoms with Crippen LogP contribution in [-0.2, 0) is 0 Å². The molecule has 62 valence electrons. The van der Waals surface area contributed by atoms with Crippen LogP contribution in [0.15, 0.2) is 5.10 Å². The van der Waals surface area contributed by atoms with Crippen LogP contribution in [0.2, 0.25) is 0 Å². The third-order valence-corrected chi connectivity index (χ3v) is 1.60. The second-order valence-corrected chi connectivity index (χ2v) is 2.84. The molecule has 4 N–H and O–H groups in total. The number of hydrazone groups is 1. The van der Waals surface area contributed by atoms with Gasteiger partial charge in [0.1, 0.15) is 0 Å². The zero-order valence-corrected chi connectivity index (χ0v) is 7.08. The Balaban J connectivity index is 2.32. The van der Waals surface area contributed by atoms with E-state index in [1.165, 1.54) is 0 Å². The molecule has 0 bridgehead atoms. The number of rotatable bonds is 1. The number of thiocarbonyl (C=S) groups is 1. The number of nitrogens with two attached hydrogens (primary N) is 1. The van der Waals surface area contributed by atoms with E-state index in [0.717, 1.165) is 31.6 Å². The van der Waals surface area contributed by atoms with Crippen LogP contribution in [0.1, 0.15) is 12.8 Å². The predicted octanol–water partition coefficient (Wildman–Crippen LogP) is -0.441. The van der Waals surface area contributed by atoms with Crippen molar-refractivity contribution < 1.29 is 0 Å². The van der Waals surface area contributed by atoms with E-state index < -0.39 is 0 Å². The van der Waals surface area contributed by atoms with E-state index in [9.17, 15) is 0 Å². The maximum atomic E-state index is 5.21. The molecule has 0 atom stereocenters. The van der Waals surface area contributed by atoms with Gasteiger partial charge in [-0.15, -0.1) is 0 Å². The van der Waals surface area contributed by atoms with Crippen molar-refractivity contribution in [3.63, 3.8) is 0 Å². The highest BCUT2D eigenvalue weighted by Crippen LogP contribution is 1.95. The van der Waals surface area contributed by atoms with Gasteiger partial charge in [-0.3, -0.25) is 5.43 Å². The van der Waals surface area contributed by atoms with E-state index in [1.807, 2.05) is 0 Å². The lowest BCUT2D eigenvalue weighted by Crippen LogP contribution is -2.31. The molecular weight excluding hydrogens is 160 g/mol. The highest BCUT2D eigenvalue weighted by molar-refractivity contribution is 7.80. The van der Waals surface area contributed by atoms with Crippen LogP contribution >= 0.6 is 12.2 Å². The zero-order valence-electron chi connectivity index (χ0n) is 6.26. The summed E-state index contributed by atoms with van der Waals surface area (Å²) >= 11 is 4.61. The Hall–Kier alpha value is -0.680. The minimum absolute atomic E-state index is 0.232. The molecule has 0 spiro atoms. The van der Waals surface area contributed by atoms with Crippen molar-refractivity contribution in [3.05, 3.63) is 0 Å². The Labute approximate surface area is 71.2 Å². The second kappa shape index (κ2) is 4.25. The van der Waals surface area contributed by atoms with Crippen LogP contribution in [-0.4, -0.2) is 23.9 Å². The standard InChI is InChI=1S/C6H12N4S/c7-6(11)10-9-5-1-3-8-4-2-5/h8H,1-4H2,(H3,7,10,11).